The Morgan fingerprint density at radius 2 is 2.10 bits per heavy atom. The molecule has 0 saturated carbocycles. The maximum atomic E-state index is 13.8. The maximum absolute atomic E-state index is 13.8. The van der Waals surface area contributed by atoms with Crippen molar-refractivity contribution in [1.29, 1.82) is 0 Å². The number of benzene rings is 1. The van der Waals surface area contributed by atoms with Gasteiger partial charge in [-0.1, -0.05) is 6.92 Å². The van der Waals surface area contributed by atoms with E-state index in [0.717, 1.165) is 25.5 Å². The molecule has 0 atom stereocenters. The Morgan fingerprint density at radius 3 is 2.76 bits per heavy atom. The number of halogens is 1. The third kappa shape index (κ3) is 5.59. The van der Waals surface area contributed by atoms with E-state index in [1.807, 2.05) is 6.92 Å². The van der Waals surface area contributed by atoms with Crippen LogP contribution in [0.1, 0.15) is 37.0 Å². The van der Waals surface area contributed by atoms with Crippen LogP contribution in [0, 0.1) is 5.82 Å². The largest absolute Gasteiger partial charge is 0.462 e. The molecule has 1 aromatic carbocycles. The molecule has 0 aliphatic heterocycles. The molecule has 0 fully saturated rings. The number of nitrogens with one attached hydrogen (secondary N) is 1. The van der Waals surface area contributed by atoms with Gasteiger partial charge in [0.15, 0.2) is 0 Å². The molecule has 1 aromatic rings. The first-order valence-electron chi connectivity index (χ1n) is 7.17. The lowest BCUT2D eigenvalue weighted by atomic mass is 10.1. The van der Waals surface area contributed by atoms with Crippen LogP contribution in [0.15, 0.2) is 12.1 Å². The average Bonchev–Trinajstić information content (AvgIpc) is 2.44. The SMILES string of the molecule is CCCOCCCNc1cc(C(=O)OCC)c(N)cc1F. The third-order valence-electron chi connectivity index (χ3n) is 2.76. The number of nitrogens with two attached hydrogens (primary N) is 1. The summed E-state index contributed by atoms with van der Waals surface area (Å²) in [5.74, 6) is -1.04. The van der Waals surface area contributed by atoms with E-state index < -0.39 is 11.8 Å². The molecule has 0 aliphatic carbocycles. The number of carbonyl (C=O) groups is 1. The van der Waals surface area contributed by atoms with E-state index in [1.54, 1.807) is 6.92 Å². The molecule has 0 aromatic heterocycles. The molecule has 5 nitrogen and oxygen atoms in total. The zero-order valence-electron chi connectivity index (χ0n) is 12.6. The van der Waals surface area contributed by atoms with E-state index in [9.17, 15) is 9.18 Å². The van der Waals surface area contributed by atoms with Crippen LogP contribution in [0.4, 0.5) is 15.8 Å². The third-order valence-corrected chi connectivity index (χ3v) is 2.76. The average molecular weight is 298 g/mol. The fourth-order valence-electron chi connectivity index (χ4n) is 1.75. The highest BCUT2D eigenvalue weighted by Crippen LogP contribution is 2.23. The van der Waals surface area contributed by atoms with Crippen LogP contribution in [0.5, 0.6) is 0 Å². The number of hydrogen-bond acceptors (Lipinski definition) is 5. The number of hydrogen-bond donors (Lipinski definition) is 2. The summed E-state index contributed by atoms with van der Waals surface area (Å²) in [4.78, 5) is 11.7. The lowest BCUT2D eigenvalue weighted by molar-refractivity contribution is 0.0527. The van der Waals surface area contributed by atoms with E-state index in [2.05, 4.69) is 5.32 Å². The minimum Gasteiger partial charge on any atom is -0.462 e. The van der Waals surface area contributed by atoms with E-state index >= 15 is 0 Å². The van der Waals surface area contributed by atoms with Crippen molar-refractivity contribution < 1.29 is 18.7 Å². The molecule has 0 amide bonds. The van der Waals surface area contributed by atoms with Gasteiger partial charge in [0.2, 0.25) is 0 Å². The number of esters is 1. The molecule has 21 heavy (non-hydrogen) atoms. The maximum Gasteiger partial charge on any atom is 0.340 e. The van der Waals surface area contributed by atoms with E-state index in [-0.39, 0.29) is 23.5 Å². The Bertz CT molecular complexity index is 466. The van der Waals surface area contributed by atoms with Crippen molar-refractivity contribution in [2.75, 3.05) is 37.4 Å². The molecule has 6 heteroatoms. The fourth-order valence-corrected chi connectivity index (χ4v) is 1.75. The van der Waals surface area contributed by atoms with Gasteiger partial charge in [-0.25, -0.2) is 9.18 Å². The molecule has 0 spiro atoms. The van der Waals surface area contributed by atoms with Gasteiger partial charge in [0.1, 0.15) is 5.82 Å². The first kappa shape index (κ1) is 17.2. The Balaban J connectivity index is 2.61. The van der Waals surface area contributed by atoms with Gasteiger partial charge in [-0.15, -0.1) is 0 Å². The van der Waals surface area contributed by atoms with Crippen molar-refractivity contribution in [3.8, 4) is 0 Å². The topological polar surface area (TPSA) is 73.6 Å². The smallest absolute Gasteiger partial charge is 0.340 e. The summed E-state index contributed by atoms with van der Waals surface area (Å²) in [6.07, 6.45) is 1.72. The molecule has 0 saturated heterocycles. The Morgan fingerprint density at radius 1 is 1.33 bits per heavy atom. The highest BCUT2D eigenvalue weighted by Gasteiger charge is 2.15. The predicted octanol–water partition coefficient (Wildman–Crippen LogP) is 2.81. The van der Waals surface area contributed by atoms with E-state index in [1.165, 1.54) is 6.07 Å². The van der Waals surface area contributed by atoms with Gasteiger partial charge in [0.25, 0.3) is 0 Å². The van der Waals surface area contributed by atoms with Crippen LogP contribution in [0.2, 0.25) is 0 Å². The van der Waals surface area contributed by atoms with Crippen molar-refractivity contribution in [3.63, 3.8) is 0 Å². The lowest BCUT2D eigenvalue weighted by Crippen LogP contribution is -2.12. The predicted molar refractivity (Wildman–Crippen MR) is 81.0 cm³/mol. The molecule has 0 unspecified atom stereocenters. The Kier molecular flexibility index (Phi) is 7.53. The highest BCUT2D eigenvalue weighted by molar-refractivity contribution is 5.96. The molecule has 3 N–H and O–H groups in total. The number of carbonyl (C=O) groups excluding carboxylic acids is 1. The summed E-state index contributed by atoms with van der Waals surface area (Å²) >= 11 is 0. The molecule has 0 bridgehead atoms. The number of anilines is 2. The van der Waals surface area contributed by atoms with Gasteiger partial charge in [-0.2, -0.15) is 0 Å². The normalized spacial score (nSPS) is 10.4. The summed E-state index contributed by atoms with van der Waals surface area (Å²) < 4.78 is 24.0. The summed E-state index contributed by atoms with van der Waals surface area (Å²) in [7, 11) is 0. The zero-order valence-corrected chi connectivity index (χ0v) is 12.6. The monoisotopic (exact) mass is 298 g/mol. The van der Waals surface area contributed by atoms with Crippen LogP contribution in [0.3, 0.4) is 0 Å². The zero-order chi connectivity index (χ0) is 15.7. The first-order chi connectivity index (χ1) is 10.1. The summed E-state index contributed by atoms with van der Waals surface area (Å²) in [6.45, 7) is 5.87. The Labute approximate surface area is 124 Å². The second-order valence-electron chi connectivity index (χ2n) is 4.53. The van der Waals surface area contributed by atoms with Crippen molar-refractivity contribution >= 4 is 17.3 Å². The van der Waals surface area contributed by atoms with Crippen molar-refractivity contribution in [1.82, 2.24) is 0 Å². The van der Waals surface area contributed by atoms with Crippen molar-refractivity contribution in [3.05, 3.63) is 23.5 Å². The van der Waals surface area contributed by atoms with E-state index in [0.29, 0.717) is 13.2 Å². The van der Waals surface area contributed by atoms with Crippen LogP contribution in [0.25, 0.3) is 0 Å². The lowest BCUT2D eigenvalue weighted by Gasteiger charge is -2.11. The summed E-state index contributed by atoms with van der Waals surface area (Å²) in [5.41, 5.74) is 6.12. The van der Waals surface area contributed by atoms with Crippen molar-refractivity contribution in [2.45, 2.75) is 26.7 Å². The Hall–Kier alpha value is -1.82. The van der Waals surface area contributed by atoms with Crippen LogP contribution < -0.4 is 11.1 Å². The van der Waals surface area contributed by atoms with Gasteiger partial charge in [-0.05, 0) is 31.9 Å². The first-order valence-corrected chi connectivity index (χ1v) is 7.17. The summed E-state index contributed by atoms with van der Waals surface area (Å²) in [6, 6.07) is 2.51. The standard InChI is InChI=1S/C15H23FN2O3/c1-3-7-20-8-5-6-18-14-9-11(15(19)21-4-2)13(17)10-12(14)16/h9-10,18H,3-8,17H2,1-2H3. The molecule has 0 radical (unpaired) electrons. The second-order valence-corrected chi connectivity index (χ2v) is 4.53. The molecular formula is C15H23FN2O3. The van der Waals surface area contributed by atoms with Crippen LogP contribution in [-0.2, 0) is 9.47 Å². The second kappa shape index (κ2) is 9.18. The molecule has 1 rings (SSSR count). The molecule has 0 aliphatic rings. The number of rotatable bonds is 9. The van der Waals surface area contributed by atoms with Gasteiger partial charge in [0, 0.05) is 25.4 Å². The highest BCUT2D eigenvalue weighted by atomic mass is 19.1. The molecular weight excluding hydrogens is 275 g/mol. The van der Waals surface area contributed by atoms with Crippen LogP contribution in [-0.4, -0.2) is 32.3 Å². The minimum absolute atomic E-state index is 0.0720. The van der Waals surface area contributed by atoms with Gasteiger partial charge in [-0.3, -0.25) is 0 Å². The summed E-state index contributed by atoms with van der Waals surface area (Å²) in [5, 5.41) is 2.94. The minimum atomic E-state index is -0.552. The van der Waals surface area contributed by atoms with Crippen LogP contribution >= 0.6 is 0 Å². The number of ether oxygens (including phenoxy) is 2. The number of nitrogen functional groups attached to an aromatic ring is 1. The van der Waals surface area contributed by atoms with Crippen molar-refractivity contribution in [2.24, 2.45) is 0 Å². The molecule has 118 valence electrons. The van der Waals surface area contributed by atoms with Gasteiger partial charge in [0.05, 0.1) is 17.9 Å². The van der Waals surface area contributed by atoms with E-state index in [4.69, 9.17) is 15.2 Å². The molecule has 0 heterocycles. The van der Waals surface area contributed by atoms with Gasteiger partial charge >= 0.3 is 5.97 Å². The quantitative estimate of drug-likeness (QED) is 0.416. The van der Waals surface area contributed by atoms with Gasteiger partial charge < -0.3 is 20.5 Å². The fraction of sp³-hybridized carbons (Fsp3) is 0.533.